The third kappa shape index (κ3) is 5.18. The number of aromatic nitrogens is 4. The molecule has 0 radical (unpaired) electrons. The molecular formula is C21H21Cl2FN6O2. The molecule has 0 saturated carbocycles. The molecule has 0 amide bonds. The van der Waals surface area contributed by atoms with Crippen LogP contribution in [0, 0.1) is 5.82 Å². The van der Waals surface area contributed by atoms with Gasteiger partial charge in [-0.25, -0.2) is 9.37 Å². The van der Waals surface area contributed by atoms with Crippen molar-refractivity contribution in [3.63, 3.8) is 0 Å². The fourth-order valence-electron chi connectivity index (χ4n) is 3.09. The summed E-state index contributed by atoms with van der Waals surface area (Å²) in [5, 5.41) is 20.7. The molecule has 2 aromatic carbocycles. The molecule has 0 aliphatic heterocycles. The van der Waals surface area contributed by atoms with Gasteiger partial charge >= 0.3 is 0 Å². The third-order valence-electron chi connectivity index (χ3n) is 4.58. The topological polar surface area (TPSA) is 97.1 Å². The first-order valence-electron chi connectivity index (χ1n) is 9.54. The summed E-state index contributed by atoms with van der Waals surface area (Å²) in [7, 11) is 1.52. The van der Waals surface area contributed by atoms with E-state index in [9.17, 15) is 4.39 Å². The Morgan fingerprint density at radius 1 is 1.12 bits per heavy atom. The van der Waals surface area contributed by atoms with Crippen LogP contribution in [-0.2, 0) is 6.54 Å². The molecule has 0 atom stereocenters. The fourth-order valence-corrected chi connectivity index (χ4v) is 3.35. The van der Waals surface area contributed by atoms with Gasteiger partial charge in [0, 0.05) is 29.9 Å². The van der Waals surface area contributed by atoms with Gasteiger partial charge < -0.3 is 20.5 Å². The van der Waals surface area contributed by atoms with Crippen LogP contribution in [0.1, 0.15) is 6.42 Å². The highest BCUT2D eigenvalue weighted by Gasteiger charge is 2.10. The molecule has 32 heavy (non-hydrogen) atoms. The lowest BCUT2D eigenvalue weighted by atomic mass is 10.2. The quantitative estimate of drug-likeness (QED) is 0.330. The minimum atomic E-state index is -0.599. The van der Waals surface area contributed by atoms with Crippen molar-refractivity contribution in [3.05, 3.63) is 59.6 Å². The molecule has 0 fully saturated rings. The summed E-state index contributed by atoms with van der Waals surface area (Å²) in [5.74, 6) is 0.165. The van der Waals surface area contributed by atoms with Crippen LogP contribution in [0.3, 0.4) is 0 Å². The van der Waals surface area contributed by atoms with E-state index in [0.717, 1.165) is 22.8 Å². The monoisotopic (exact) mass is 478 g/mol. The van der Waals surface area contributed by atoms with Crippen molar-refractivity contribution in [2.45, 2.75) is 13.0 Å². The number of hydrogen-bond donors (Lipinski definition) is 3. The predicted octanol–water partition coefficient (Wildman–Crippen LogP) is 4.92. The number of aryl methyl sites for hydroxylation is 1. The highest BCUT2D eigenvalue weighted by Crippen LogP contribution is 2.29. The largest absolute Gasteiger partial charge is 0.495 e. The van der Waals surface area contributed by atoms with Gasteiger partial charge in [0.25, 0.3) is 0 Å². The van der Waals surface area contributed by atoms with Crippen LogP contribution in [0.15, 0.2) is 48.8 Å². The van der Waals surface area contributed by atoms with Gasteiger partial charge in [-0.05, 0) is 42.8 Å². The van der Waals surface area contributed by atoms with Crippen molar-refractivity contribution < 1.29 is 14.2 Å². The minimum absolute atomic E-state index is 0. The first kappa shape index (κ1) is 23.5. The number of benzene rings is 2. The number of nitrogens with zero attached hydrogens (tertiary/aromatic N) is 4. The zero-order valence-electron chi connectivity index (χ0n) is 17.0. The lowest BCUT2D eigenvalue weighted by Gasteiger charge is -2.11. The Balaban J connectivity index is 0.00000289. The van der Waals surface area contributed by atoms with E-state index in [1.165, 1.54) is 7.11 Å². The molecule has 2 heterocycles. The number of nitrogens with one attached hydrogen (secondary N) is 2. The molecule has 0 aliphatic carbocycles. The van der Waals surface area contributed by atoms with E-state index >= 15 is 0 Å². The molecule has 0 spiro atoms. The molecule has 0 saturated heterocycles. The van der Waals surface area contributed by atoms with Gasteiger partial charge in [0.1, 0.15) is 5.75 Å². The minimum Gasteiger partial charge on any atom is -0.495 e. The second-order valence-corrected chi connectivity index (χ2v) is 7.12. The highest BCUT2D eigenvalue weighted by atomic mass is 35.5. The summed E-state index contributed by atoms with van der Waals surface area (Å²) in [5.41, 5.74) is 2.25. The first-order chi connectivity index (χ1) is 15.1. The average molecular weight is 479 g/mol. The van der Waals surface area contributed by atoms with E-state index in [-0.39, 0.29) is 30.8 Å². The zero-order chi connectivity index (χ0) is 21.8. The smallest absolute Gasteiger partial charge is 0.229 e. The summed E-state index contributed by atoms with van der Waals surface area (Å²) in [4.78, 5) is 8.24. The Hall–Kier alpha value is -3.14. The van der Waals surface area contributed by atoms with Gasteiger partial charge in [-0.3, -0.25) is 4.68 Å². The predicted molar refractivity (Wildman–Crippen MR) is 125 cm³/mol. The number of rotatable bonds is 8. The van der Waals surface area contributed by atoms with Crippen LogP contribution in [-0.4, -0.2) is 38.6 Å². The summed E-state index contributed by atoms with van der Waals surface area (Å²) in [6, 6.07) is 10.7. The van der Waals surface area contributed by atoms with Crippen LogP contribution in [0.5, 0.6) is 5.75 Å². The maximum Gasteiger partial charge on any atom is 0.229 e. The highest BCUT2D eigenvalue weighted by molar-refractivity contribution is 6.32. The Kier molecular flexibility index (Phi) is 7.68. The average Bonchev–Trinajstić information content (AvgIpc) is 3.17. The molecule has 0 bridgehead atoms. The Morgan fingerprint density at radius 3 is 2.66 bits per heavy atom. The number of aliphatic hydroxyl groups is 1. The molecule has 11 heteroatoms. The molecule has 0 unspecified atom stereocenters. The van der Waals surface area contributed by atoms with E-state index in [2.05, 4.69) is 25.7 Å². The lowest BCUT2D eigenvalue weighted by molar-refractivity contribution is 0.278. The number of halogens is 3. The SMILES string of the molecule is COc1ccc(Nc2nc(Nc3ccc4c(cnn4CCCO)c3)ncc2F)cc1Cl.Cl. The van der Waals surface area contributed by atoms with Crippen LogP contribution in [0.4, 0.5) is 27.5 Å². The molecule has 4 aromatic rings. The number of hydrogen-bond acceptors (Lipinski definition) is 7. The van der Waals surface area contributed by atoms with E-state index in [1.807, 2.05) is 22.9 Å². The summed E-state index contributed by atoms with van der Waals surface area (Å²) >= 11 is 6.13. The summed E-state index contributed by atoms with van der Waals surface area (Å²) in [6.45, 7) is 0.750. The summed E-state index contributed by atoms with van der Waals surface area (Å²) in [6.07, 6.45) is 3.48. The van der Waals surface area contributed by atoms with Crippen LogP contribution in [0.25, 0.3) is 10.9 Å². The Labute approximate surface area is 194 Å². The molecule has 8 nitrogen and oxygen atoms in total. The number of fused-ring (bicyclic) bond motifs is 1. The normalized spacial score (nSPS) is 10.6. The van der Waals surface area contributed by atoms with Gasteiger partial charge in [0.2, 0.25) is 5.95 Å². The van der Waals surface area contributed by atoms with E-state index < -0.39 is 5.82 Å². The van der Waals surface area contributed by atoms with Gasteiger partial charge in [0.15, 0.2) is 11.6 Å². The summed E-state index contributed by atoms with van der Waals surface area (Å²) < 4.78 is 21.2. The van der Waals surface area contributed by atoms with Gasteiger partial charge in [0.05, 0.1) is 30.0 Å². The molecule has 2 aromatic heterocycles. The molecule has 168 valence electrons. The van der Waals surface area contributed by atoms with E-state index in [0.29, 0.717) is 29.4 Å². The lowest BCUT2D eigenvalue weighted by Crippen LogP contribution is -2.03. The van der Waals surface area contributed by atoms with Crippen molar-refractivity contribution in [2.24, 2.45) is 0 Å². The standard InChI is InChI=1S/C21H20ClFN6O2.ClH/c1-31-19-6-4-15(10-16(19)22)26-20-17(23)12-24-21(28-20)27-14-3-5-18-13(9-14)11-25-29(18)7-2-8-30;/h3-6,9-12,30H,2,7-8H2,1H3,(H2,24,26,27,28);1H. The second-order valence-electron chi connectivity index (χ2n) is 6.71. The fraction of sp³-hybridized carbons (Fsp3) is 0.190. The zero-order valence-corrected chi connectivity index (χ0v) is 18.6. The maximum absolute atomic E-state index is 14.3. The number of methoxy groups -OCH3 is 1. The second kappa shape index (κ2) is 10.4. The van der Waals surface area contributed by atoms with E-state index in [1.54, 1.807) is 24.4 Å². The van der Waals surface area contributed by atoms with Crippen LogP contribution >= 0.6 is 24.0 Å². The van der Waals surface area contributed by atoms with Crippen LogP contribution in [0.2, 0.25) is 5.02 Å². The molecule has 3 N–H and O–H groups in total. The molecular weight excluding hydrogens is 458 g/mol. The Morgan fingerprint density at radius 2 is 1.91 bits per heavy atom. The molecule has 4 rings (SSSR count). The maximum atomic E-state index is 14.3. The van der Waals surface area contributed by atoms with Gasteiger partial charge in [-0.2, -0.15) is 10.1 Å². The number of aliphatic hydroxyl groups excluding tert-OH is 1. The molecule has 0 aliphatic rings. The Bertz CT molecular complexity index is 1220. The number of anilines is 4. The van der Waals surface area contributed by atoms with Crippen molar-refractivity contribution in [2.75, 3.05) is 24.4 Å². The van der Waals surface area contributed by atoms with E-state index in [4.69, 9.17) is 21.4 Å². The van der Waals surface area contributed by atoms with Crippen molar-refractivity contribution in [1.82, 2.24) is 19.7 Å². The van der Waals surface area contributed by atoms with Gasteiger partial charge in [-0.15, -0.1) is 12.4 Å². The first-order valence-corrected chi connectivity index (χ1v) is 9.91. The third-order valence-corrected chi connectivity index (χ3v) is 4.88. The van der Waals surface area contributed by atoms with Gasteiger partial charge in [-0.1, -0.05) is 11.6 Å². The van der Waals surface area contributed by atoms with Crippen molar-refractivity contribution in [1.29, 1.82) is 0 Å². The number of ether oxygens (including phenoxy) is 1. The van der Waals surface area contributed by atoms with Crippen molar-refractivity contribution in [3.8, 4) is 5.75 Å². The van der Waals surface area contributed by atoms with Crippen molar-refractivity contribution >= 4 is 58.1 Å². The van der Waals surface area contributed by atoms with Crippen LogP contribution < -0.4 is 15.4 Å².